The van der Waals surface area contributed by atoms with Crippen LogP contribution in [-0.2, 0) is 76.1 Å². The average Bonchev–Trinajstić information content (AvgIpc) is 3.20. The van der Waals surface area contributed by atoms with Crippen LogP contribution in [0.5, 0.6) is 0 Å². The Kier molecular flexibility index (Phi) is 36.6. The van der Waals surface area contributed by atoms with E-state index in [0.29, 0.717) is 138 Å². The van der Waals surface area contributed by atoms with E-state index in [2.05, 4.69) is 21.3 Å². The van der Waals surface area contributed by atoms with Crippen LogP contribution < -0.4 is 27.0 Å². The Labute approximate surface area is 362 Å². The molecule has 4 amide bonds. The lowest BCUT2D eigenvalue weighted by Crippen LogP contribution is -2.55. The van der Waals surface area contributed by atoms with Gasteiger partial charge in [-0.3, -0.25) is 19.2 Å². The maximum Gasteiger partial charge on any atom is 0.328 e. The maximum atomic E-state index is 12.6. The molecule has 21 nitrogen and oxygen atoms in total. The molecule has 0 spiro atoms. The van der Waals surface area contributed by atoms with Crippen LogP contribution >= 0.6 is 0 Å². The summed E-state index contributed by atoms with van der Waals surface area (Å²) in [6.45, 7) is 18.0. The maximum absolute atomic E-state index is 12.6. The molecule has 0 unspecified atom stereocenters. The third-order valence-electron chi connectivity index (χ3n) is 7.87. The molecule has 358 valence electrons. The molecule has 0 aliphatic rings. The van der Waals surface area contributed by atoms with Crippen molar-refractivity contribution < 1.29 is 76.1 Å². The average molecular weight is 884 g/mol. The summed E-state index contributed by atoms with van der Waals surface area (Å²) < 4.78 is 58.9. The van der Waals surface area contributed by atoms with Gasteiger partial charge in [-0.2, -0.15) is 0 Å². The summed E-state index contributed by atoms with van der Waals surface area (Å²) >= 11 is 0. The number of ether oxygens (including phenoxy) is 11. The lowest BCUT2D eigenvalue weighted by Gasteiger charge is -2.24. The molecular weight excluding hydrogens is 806 g/mol. The monoisotopic (exact) mass is 884 g/mol. The number of nitrogens with two attached hydrogens (primary N) is 1. The van der Waals surface area contributed by atoms with E-state index in [0.717, 1.165) is 0 Å². The van der Waals surface area contributed by atoms with E-state index in [-0.39, 0.29) is 19.1 Å². The molecule has 0 fully saturated rings. The molecule has 0 aromatic carbocycles. The number of amides is 4. The van der Waals surface area contributed by atoms with Crippen molar-refractivity contribution in [3.8, 4) is 0 Å². The second kappa shape index (κ2) is 38.6. The molecule has 0 aliphatic carbocycles. The molecule has 0 aromatic heterocycles. The Hall–Kier alpha value is -3.09. The molecule has 0 bridgehead atoms. The van der Waals surface area contributed by atoms with Crippen LogP contribution in [0.3, 0.4) is 0 Å². The van der Waals surface area contributed by atoms with Crippen LogP contribution in [0.1, 0.15) is 60.8 Å². The van der Waals surface area contributed by atoms with E-state index in [4.69, 9.17) is 57.8 Å². The molecule has 6 N–H and O–H groups in total. The van der Waals surface area contributed by atoms with Gasteiger partial charge in [-0.25, -0.2) is 4.79 Å². The smallest absolute Gasteiger partial charge is 0.328 e. The summed E-state index contributed by atoms with van der Waals surface area (Å²) in [5.41, 5.74) is 5.28. The van der Waals surface area contributed by atoms with Crippen LogP contribution in [0.15, 0.2) is 0 Å². The second-order valence-electron chi connectivity index (χ2n) is 14.6. The number of hydrogen-bond acceptors (Lipinski definition) is 17. The van der Waals surface area contributed by atoms with Crippen molar-refractivity contribution in [2.24, 2.45) is 5.73 Å². The minimum atomic E-state index is -0.975. The highest BCUT2D eigenvalue weighted by Gasteiger charge is 2.27. The van der Waals surface area contributed by atoms with Crippen molar-refractivity contribution in [1.82, 2.24) is 21.3 Å². The van der Waals surface area contributed by atoms with Crippen molar-refractivity contribution in [2.75, 3.05) is 139 Å². The Morgan fingerprint density at radius 2 is 0.836 bits per heavy atom. The lowest BCUT2D eigenvalue weighted by atomic mass is 10.1. The first-order chi connectivity index (χ1) is 29.2. The van der Waals surface area contributed by atoms with Crippen LogP contribution in [0.2, 0.25) is 0 Å². The normalized spacial score (nSPS) is 13.5. The fourth-order valence-corrected chi connectivity index (χ4v) is 4.54. The van der Waals surface area contributed by atoms with E-state index >= 15 is 0 Å². The van der Waals surface area contributed by atoms with E-state index in [1.807, 2.05) is 0 Å². The summed E-state index contributed by atoms with van der Waals surface area (Å²) in [4.78, 5) is 61.6. The molecule has 21 heteroatoms. The first kappa shape index (κ1) is 57.9. The van der Waals surface area contributed by atoms with E-state index in [9.17, 15) is 24.0 Å². The minimum Gasteiger partial charge on any atom is -0.458 e. The lowest BCUT2D eigenvalue weighted by molar-refractivity contribution is -0.158. The number of hydrogen-bond donors (Lipinski definition) is 5. The molecule has 0 aromatic rings. The van der Waals surface area contributed by atoms with Gasteiger partial charge in [-0.05, 0) is 60.8 Å². The zero-order valence-corrected chi connectivity index (χ0v) is 37.7. The van der Waals surface area contributed by atoms with Gasteiger partial charge < -0.3 is 79.1 Å². The van der Waals surface area contributed by atoms with Gasteiger partial charge in [0.1, 0.15) is 30.3 Å². The van der Waals surface area contributed by atoms with E-state index in [1.165, 1.54) is 20.8 Å². The molecule has 0 rings (SSSR count). The Morgan fingerprint density at radius 1 is 0.492 bits per heavy atom. The number of nitrogens with one attached hydrogen (secondary N) is 4. The SMILES string of the molecule is COCCOCCOCCOCCOCCOCCOCCOCCOCCOCC(=O)NCCCC[C@H](N)C(=O)N[C@@H](C)C(=O)N[C@@H](C)C(=O)N[C@@H](C)C(=O)OC(C)(C)C. The fourth-order valence-electron chi connectivity index (χ4n) is 4.54. The minimum absolute atomic E-state index is 0.113. The highest BCUT2D eigenvalue weighted by Crippen LogP contribution is 2.08. The van der Waals surface area contributed by atoms with Gasteiger partial charge in [0.2, 0.25) is 23.6 Å². The number of methoxy groups -OCH3 is 1. The molecule has 0 heterocycles. The predicted octanol–water partition coefficient (Wildman–Crippen LogP) is -0.748. The summed E-state index contributed by atoms with van der Waals surface area (Å²) in [5.74, 6) is -2.59. The van der Waals surface area contributed by atoms with Crippen LogP contribution in [0.4, 0.5) is 0 Å². The Bertz CT molecular complexity index is 1150. The quantitative estimate of drug-likeness (QED) is 0.0374. The summed E-state index contributed by atoms with van der Waals surface area (Å²) in [6.07, 6.45) is 1.47. The summed E-state index contributed by atoms with van der Waals surface area (Å²) in [5, 5.41) is 10.3. The highest BCUT2D eigenvalue weighted by molar-refractivity contribution is 5.93. The number of unbranched alkanes of at least 4 members (excludes halogenated alkanes) is 1. The molecular formula is C40H77N5O16. The van der Waals surface area contributed by atoms with Crippen molar-refractivity contribution in [3.05, 3.63) is 0 Å². The van der Waals surface area contributed by atoms with Gasteiger partial charge in [0.05, 0.1) is 125 Å². The first-order valence-corrected chi connectivity index (χ1v) is 21.0. The van der Waals surface area contributed by atoms with E-state index < -0.39 is 53.5 Å². The third-order valence-corrected chi connectivity index (χ3v) is 7.87. The van der Waals surface area contributed by atoms with E-state index in [1.54, 1.807) is 27.9 Å². The number of carbonyl (C=O) groups excluding carboxylic acids is 5. The van der Waals surface area contributed by atoms with Crippen LogP contribution in [-0.4, -0.2) is 199 Å². The van der Waals surface area contributed by atoms with Gasteiger partial charge in [0.25, 0.3) is 0 Å². The number of carbonyl (C=O) groups is 5. The largest absolute Gasteiger partial charge is 0.458 e. The zero-order chi connectivity index (χ0) is 45.6. The van der Waals surface area contributed by atoms with Crippen molar-refractivity contribution in [2.45, 2.75) is 90.6 Å². The molecule has 0 saturated carbocycles. The van der Waals surface area contributed by atoms with Gasteiger partial charge in [-0.1, -0.05) is 0 Å². The standard InChI is InChI=1S/C40H77N5O16/c1-31(37(48)45-33(3)39(50)61-40(4,5)6)43-36(47)32(2)44-38(49)34(41)10-8-9-11-42-35(46)30-60-29-28-59-27-26-58-25-24-57-23-22-56-21-20-55-19-18-54-17-16-53-15-14-52-13-12-51-7/h31-34H,8-30,41H2,1-7H3,(H,42,46)(H,43,47)(H,44,49)(H,45,48)/t31-,32-,33-,34-/m0/s1. The second-order valence-corrected chi connectivity index (χ2v) is 14.6. The molecule has 4 atom stereocenters. The highest BCUT2D eigenvalue weighted by atomic mass is 16.6. The molecule has 0 radical (unpaired) electrons. The molecule has 0 aliphatic heterocycles. The number of rotatable bonds is 41. The van der Waals surface area contributed by atoms with Crippen LogP contribution in [0, 0.1) is 0 Å². The topological polar surface area (TPSA) is 261 Å². The van der Waals surface area contributed by atoms with Gasteiger partial charge >= 0.3 is 5.97 Å². The van der Waals surface area contributed by atoms with Gasteiger partial charge in [0, 0.05) is 13.7 Å². The Morgan fingerprint density at radius 3 is 1.21 bits per heavy atom. The zero-order valence-electron chi connectivity index (χ0n) is 37.7. The van der Waals surface area contributed by atoms with Crippen molar-refractivity contribution >= 4 is 29.6 Å². The van der Waals surface area contributed by atoms with Crippen molar-refractivity contribution in [3.63, 3.8) is 0 Å². The summed E-state index contributed by atoms with van der Waals surface area (Å²) in [6, 6.07) is -3.73. The molecule has 61 heavy (non-hydrogen) atoms. The van der Waals surface area contributed by atoms with Gasteiger partial charge in [-0.15, -0.1) is 0 Å². The van der Waals surface area contributed by atoms with Crippen LogP contribution in [0.25, 0.3) is 0 Å². The fraction of sp³-hybridized carbons (Fsp3) is 0.875. The van der Waals surface area contributed by atoms with Gasteiger partial charge in [0.15, 0.2) is 0 Å². The summed E-state index contributed by atoms with van der Waals surface area (Å²) in [7, 11) is 1.63. The third kappa shape index (κ3) is 37.2. The number of esters is 1. The van der Waals surface area contributed by atoms with Crippen molar-refractivity contribution in [1.29, 1.82) is 0 Å². The predicted molar refractivity (Wildman–Crippen MR) is 223 cm³/mol. The molecule has 0 saturated heterocycles. The Balaban J connectivity index is 3.62. The first-order valence-electron chi connectivity index (χ1n) is 21.0.